The summed E-state index contributed by atoms with van der Waals surface area (Å²) in [5.41, 5.74) is 0. The summed E-state index contributed by atoms with van der Waals surface area (Å²) in [5.74, 6) is 0.954. The Bertz CT molecular complexity index is 260. The summed E-state index contributed by atoms with van der Waals surface area (Å²) >= 11 is 0. The summed E-state index contributed by atoms with van der Waals surface area (Å²) in [6, 6.07) is 0. The van der Waals surface area contributed by atoms with Crippen molar-refractivity contribution >= 4 is 0 Å². The van der Waals surface area contributed by atoms with Gasteiger partial charge in [-0.05, 0) is 5.92 Å². The molecule has 36 heavy (non-hydrogen) atoms. The van der Waals surface area contributed by atoms with Gasteiger partial charge in [0.1, 0.15) is 0 Å². The minimum Gasteiger partial charge on any atom is -0.0654 e. The Morgan fingerprint density at radius 1 is 0.278 bits per heavy atom. The molecule has 0 bridgehead atoms. The van der Waals surface area contributed by atoms with E-state index < -0.39 is 0 Å². The highest BCUT2D eigenvalue weighted by atomic mass is 14.0. The van der Waals surface area contributed by atoms with Crippen LogP contribution in [0, 0.1) is 5.92 Å². The van der Waals surface area contributed by atoms with Gasteiger partial charge >= 0.3 is 0 Å². The van der Waals surface area contributed by atoms with Crippen LogP contribution in [0.3, 0.4) is 0 Å². The largest absolute Gasteiger partial charge is 0.0654 e. The van der Waals surface area contributed by atoms with Crippen molar-refractivity contribution in [3.8, 4) is 0 Å². The van der Waals surface area contributed by atoms with Crippen LogP contribution in [-0.2, 0) is 0 Å². The van der Waals surface area contributed by atoms with Gasteiger partial charge in [-0.2, -0.15) is 0 Å². The standard InChI is InChI=1S/C14H30.2C8H18.C6H14/c1-3-5-7-9-11-13-14-12-10-8-6-4-2;1-4-6-7-8(3)5-2;1-3-5-7-8-6-4-2;1-3-5-6-4-2/h3-14H2,1-2H3;8H,4-7H2,1-3H3;3-8H2,1-2H3;3-6H2,1-2H3. The molecule has 0 aromatic rings. The van der Waals surface area contributed by atoms with Crippen molar-refractivity contribution in [1.82, 2.24) is 0 Å². The molecule has 0 aliphatic rings. The molecule has 0 aromatic heterocycles. The van der Waals surface area contributed by atoms with Gasteiger partial charge in [-0.25, -0.2) is 0 Å². The molecule has 1 atom stereocenters. The van der Waals surface area contributed by atoms with E-state index in [-0.39, 0.29) is 0 Å². The molecule has 0 amide bonds. The van der Waals surface area contributed by atoms with Gasteiger partial charge in [-0.15, -0.1) is 0 Å². The van der Waals surface area contributed by atoms with Gasteiger partial charge in [0, 0.05) is 0 Å². The normalized spacial score (nSPS) is 10.9. The first-order chi connectivity index (χ1) is 17.6. The Morgan fingerprint density at radius 2 is 0.472 bits per heavy atom. The molecule has 0 aliphatic carbocycles. The second-order valence-corrected chi connectivity index (χ2v) is 11.3. The molecule has 0 spiro atoms. The first-order valence-electron chi connectivity index (χ1n) is 17.6. The third-order valence-corrected chi connectivity index (χ3v) is 7.12. The molecular formula is C36H80. The third kappa shape index (κ3) is 59.2. The number of hydrogen-bond acceptors (Lipinski definition) is 0. The molecule has 0 nitrogen and oxygen atoms in total. The van der Waals surface area contributed by atoms with E-state index in [1.54, 1.807) is 0 Å². The molecule has 1 unspecified atom stereocenters. The fourth-order valence-corrected chi connectivity index (χ4v) is 4.02. The maximum atomic E-state index is 2.33. The molecule has 0 fully saturated rings. The van der Waals surface area contributed by atoms with E-state index >= 15 is 0 Å². The molecular weight excluding hydrogens is 432 g/mol. The summed E-state index contributed by atoms with van der Waals surface area (Å²) in [7, 11) is 0. The molecule has 0 heteroatoms. The maximum Gasteiger partial charge on any atom is -0.0445 e. The predicted octanol–water partition coefficient (Wildman–Crippen LogP) is 14.9. The second kappa shape index (κ2) is 48.1. The summed E-state index contributed by atoms with van der Waals surface area (Å²) in [5, 5.41) is 0. The van der Waals surface area contributed by atoms with Gasteiger partial charge in [0.25, 0.3) is 0 Å². The summed E-state index contributed by atoms with van der Waals surface area (Å²) in [6.07, 6.45) is 37.0. The first kappa shape index (κ1) is 43.1. The summed E-state index contributed by atoms with van der Waals surface area (Å²) < 4.78 is 0. The molecule has 0 heterocycles. The fourth-order valence-electron chi connectivity index (χ4n) is 4.02. The van der Waals surface area contributed by atoms with Crippen molar-refractivity contribution in [3.63, 3.8) is 0 Å². The lowest BCUT2D eigenvalue weighted by Gasteiger charge is -2.04. The van der Waals surface area contributed by atoms with Crippen LogP contribution in [0.4, 0.5) is 0 Å². The van der Waals surface area contributed by atoms with Crippen LogP contribution >= 0.6 is 0 Å². The topological polar surface area (TPSA) is 0 Å². The molecule has 224 valence electrons. The zero-order valence-corrected chi connectivity index (χ0v) is 28.0. The van der Waals surface area contributed by atoms with Crippen molar-refractivity contribution in [2.24, 2.45) is 5.92 Å². The van der Waals surface area contributed by atoms with Crippen molar-refractivity contribution < 1.29 is 0 Å². The number of rotatable bonds is 23. The van der Waals surface area contributed by atoms with Crippen LogP contribution < -0.4 is 0 Å². The smallest absolute Gasteiger partial charge is 0.0445 e. The van der Waals surface area contributed by atoms with E-state index in [1.165, 1.54) is 167 Å². The van der Waals surface area contributed by atoms with Gasteiger partial charge in [0.2, 0.25) is 0 Å². The van der Waals surface area contributed by atoms with Crippen LogP contribution in [0.1, 0.15) is 229 Å². The predicted molar refractivity (Wildman–Crippen MR) is 175 cm³/mol. The Hall–Kier alpha value is 0. The minimum atomic E-state index is 0.954. The van der Waals surface area contributed by atoms with Crippen LogP contribution in [0.25, 0.3) is 0 Å². The van der Waals surface area contributed by atoms with E-state index in [9.17, 15) is 0 Å². The molecule has 0 N–H and O–H groups in total. The fraction of sp³-hybridized carbons (Fsp3) is 1.00. The Balaban J connectivity index is -0.000000201. The number of hydrogen-bond donors (Lipinski definition) is 0. The molecule has 0 radical (unpaired) electrons. The van der Waals surface area contributed by atoms with Crippen LogP contribution in [0.2, 0.25) is 0 Å². The Kier molecular flexibility index (Phi) is 57.6. The lowest BCUT2D eigenvalue weighted by atomic mass is 10.0. The Labute approximate surface area is 235 Å². The quantitative estimate of drug-likeness (QED) is 0.119. The van der Waals surface area contributed by atoms with E-state index in [2.05, 4.69) is 62.3 Å². The summed E-state index contributed by atoms with van der Waals surface area (Å²) in [4.78, 5) is 0. The highest BCUT2D eigenvalue weighted by molar-refractivity contribution is 4.48. The van der Waals surface area contributed by atoms with E-state index in [4.69, 9.17) is 0 Å². The Morgan fingerprint density at radius 3 is 0.667 bits per heavy atom. The molecule has 0 aliphatic heterocycles. The van der Waals surface area contributed by atoms with Crippen LogP contribution in [0.5, 0.6) is 0 Å². The summed E-state index contributed by atoms with van der Waals surface area (Å²) in [6.45, 7) is 20.4. The zero-order valence-electron chi connectivity index (χ0n) is 28.0. The minimum absolute atomic E-state index is 0.954. The maximum absolute atomic E-state index is 2.33. The van der Waals surface area contributed by atoms with Gasteiger partial charge in [-0.3, -0.25) is 0 Å². The third-order valence-electron chi connectivity index (χ3n) is 7.12. The van der Waals surface area contributed by atoms with Gasteiger partial charge in [0.05, 0.1) is 0 Å². The van der Waals surface area contributed by atoms with Crippen molar-refractivity contribution in [1.29, 1.82) is 0 Å². The van der Waals surface area contributed by atoms with Crippen molar-refractivity contribution in [2.45, 2.75) is 229 Å². The molecule has 0 saturated heterocycles. The average Bonchev–Trinajstić information content (AvgIpc) is 2.90. The first-order valence-corrected chi connectivity index (χ1v) is 17.6. The second-order valence-electron chi connectivity index (χ2n) is 11.3. The zero-order chi connectivity index (χ0) is 28.0. The van der Waals surface area contributed by atoms with Gasteiger partial charge < -0.3 is 0 Å². The van der Waals surface area contributed by atoms with Gasteiger partial charge in [0.15, 0.2) is 0 Å². The highest BCUT2D eigenvalue weighted by Gasteiger charge is 1.95. The molecule has 0 saturated carbocycles. The van der Waals surface area contributed by atoms with Crippen LogP contribution in [0.15, 0.2) is 0 Å². The number of unbranched alkanes of at least 4 members (excludes halogenated alkanes) is 20. The lowest BCUT2D eigenvalue weighted by Crippen LogP contribution is -1.89. The van der Waals surface area contributed by atoms with E-state index in [0.717, 1.165) is 5.92 Å². The average molecular weight is 513 g/mol. The van der Waals surface area contributed by atoms with Crippen LogP contribution in [-0.4, -0.2) is 0 Å². The molecule has 0 rings (SSSR count). The van der Waals surface area contributed by atoms with E-state index in [0.29, 0.717) is 0 Å². The van der Waals surface area contributed by atoms with Crippen molar-refractivity contribution in [3.05, 3.63) is 0 Å². The molecule has 0 aromatic carbocycles. The highest BCUT2D eigenvalue weighted by Crippen LogP contribution is 2.12. The monoisotopic (exact) mass is 513 g/mol. The van der Waals surface area contributed by atoms with Gasteiger partial charge in [-0.1, -0.05) is 229 Å². The van der Waals surface area contributed by atoms with Crippen molar-refractivity contribution in [2.75, 3.05) is 0 Å². The lowest BCUT2D eigenvalue weighted by molar-refractivity contribution is 0.492. The SMILES string of the molecule is CCCCC(C)CC.CCCCCC.CCCCCCCC.CCCCCCCCCCCCCC. The van der Waals surface area contributed by atoms with E-state index in [1.807, 2.05) is 0 Å².